The summed E-state index contributed by atoms with van der Waals surface area (Å²) in [4.78, 5) is 2.44. The van der Waals surface area contributed by atoms with E-state index in [0.717, 1.165) is 21.7 Å². The first-order valence-electron chi connectivity index (χ1n) is 6.06. The Bertz CT molecular complexity index is 384. The summed E-state index contributed by atoms with van der Waals surface area (Å²) in [6, 6.07) is 6.47. The van der Waals surface area contributed by atoms with Crippen LogP contribution in [-0.4, -0.2) is 31.1 Å². The van der Waals surface area contributed by atoms with Crippen molar-refractivity contribution in [1.29, 1.82) is 0 Å². The fourth-order valence-electron chi connectivity index (χ4n) is 2.26. The number of anilines is 1. The maximum atomic E-state index is 6.00. The zero-order chi connectivity index (χ0) is 12.3. The molecule has 1 N–H and O–H groups in total. The zero-order valence-electron chi connectivity index (χ0n) is 10.0. The topological polar surface area (TPSA) is 15.3 Å². The third-order valence-corrected chi connectivity index (χ3v) is 4.30. The highest BCUT2D eigenvalue weighted by Gasteiger charge is 2.18. The van der Waals surface area contributed by atoms with Crippen molar-refractivity contribution >= 4 is 33.2 Å². The lowest BCUT2D eigenvalue weighted by atomic mass is 10.0. The highest BCUT2D eigenvalue weighted by atomic mass is 79.9. The van der Waals surface area contributed by atoms with Crippen molar-refractivity contribution in [2.75, 3.05) is 25.5 Å². The van der Waals surface area contributed by atoms with Crippen LogP contribution >= 0.6 is 27.5 Å². The largest absolute Gasteiger partial charge is 0.383 e. The van der Waals surface area contributed by atoms with Crippen molar-refractivity contribution in [3.8, 4) is 0 Å². The summed E-state index contributed by atoms with van der Waals surface area (Å²) in [7, 11) is 2.21. The molecule has 0 saturated carbocycles. The van der Waals surface area contributed by atoms with Gasteiger partial charge in [0.05, 0.1) is 0 Å². The molecule has 2 nitrogen and oxygen atoms in total. The van der Waals surface area contributed by atoms with Gasteiger partial charge in [-0.3, -0.25) is 0 Å². The molecule has 0 spiro atoms. The molecular weight excluding hydrogens is 300 g/mol. The Morgan fingerprint density at radius 3 is 3.06 bits per heavy atom. The third-order valence-electron chi connectivity index (χ3n) is 3.38. The lowest BCUT2D eigenvalue weighted by molar-refractivity contribution is 0.194. The van der Waals surface area contributed by atoms with Crippen LogP contribution in [0.3, 0.4) is 0 Å². The number of hydrogen-bond donors (Lipinski definition) is 1. The van der Waals surface area contributed by atoms with Gasteiger partial charge in [0.2, 0.25) is 0 Å². The van der Waals surface area contributed by atoms with E-state index in [1.165, 1.54) is 25.8 Å². The molecule has 1 fully saturated rings. The Kier molecular flexibility index (Phi) is 4.71. The zero-order valence-corrected chi connectivity index (χ0v) is 12.4. The number of halogens is 2. The first kappa shape index (κ1) is 13.2. The molecular formula is C13H18BrClN2. The molecule has 0 bridgehead atoms. The van der Waals surface area contributed by atoms with Gasteiger partial charge in [-0.25, -0.2) is 0 Å². The van der Waals surface area contributed by atoms with E-state index < -0.39 is 0 Å². The Morgan fingerprint density at radius 1 is 1.47 bits per heavy atom. The van der Waals surface area contributed by atoms with E-state index >= 15 is 0 Å². The number of likely N-dealkylation sites (N-methyl/N-ethyl adjacent to an activating group) is 1. The first-order chi connectivity index (χ1) is 8.16. The van der Waals surface area contributed by atoms with Gasteiger partial charge < -0.3 is 10.2 Å². The molecule has 94 valence electrons. The van der Waals surface area contributed by atoms with Crippen molar-refractivity contribution in [1.82, 2.24) is 4.90 Å². The molecule has 17 heavy (non-hydrogen) atoms. The monoisotopic (exact) mass is 316 g/mol. The molecule has 0 amide bonds. The Morgan fingerprint density at radius 2 is 2.29 bits per heavy atom. The molecule has 2 rings (SSSR count). The number of nitrogens with zero attached hydrogens (tertiary/aromatic N) is 1. The lowest BCUT2D eigenvalue weighted by Crippen LogP contribution is -2.40. The molecule has 1 saturated heterocycles. The number of rotatable bonds is 3. The van der Waals surface area contributed by atoms with E-state index in [2.05, 4.69) is 33.2 Å². The van der Waals surface area contributed by atoms with Crippen LogP contribution in [0, 0.1) is 0 Å². The number of piperidine rings is 1. The van der Waals surface area contributed by atoms with Crippen molar-refractivity contribution in [2.24, 2.45) is 0 Å². The third kappa shape index (κ3) is 3.60. The van der Waals surface area contributed by atoms with Gasteiger partial charge in [0.25, 0.3) is 0 Å². The van der Waals surface area contributed by atoms with Gasteiger partial charge >= 0.3 is 0 Å². The molecule has 1 aliphatic rings. The summed E-state index contributed by atoms with van der Waals surface area (Å²) in [5, 5.41) is 4.25. The van der Waals surface area contributed by atoms with Gasteiger partial charge in [-0.2, -0.15) is 0 Å². The van der Waals surface area contributed by atoms with Gasteiger partial charge in [0.15, 0.2) is 0 Å². The molecule has 0 aliphatic carbocycles. The molecule has 1 aromatic carbocycles. The van der Waals surface area contributed by atoms with Crippen LogP contribution < -0.4 is 5.32 Å². The predicted octanol–water partition coefficient (Wildman–Crippen LogP) is 4.00. The van der Waals surface area contributed by atoms with Crippen molar-refractivity contribution in [3.05, 3.63) is 27.7 Å². The highest BCUT2D eigenvalue weighted by molar-refractivity contribution is 9.10. The first-order valence-corrected chi connectivity index (χ1v) is 7.23. The minimum atomic E-state index is 0.634. The summed E-state index contributed by atoms with van der Waals surface area (Å²) < 4.78 is 1.07. The second-order valence-electron chi connectivity index (χ2n) is 4.64. The molecule has 1 aromatic rings. The fraction of sp³-hybridized carbons (Fsp3) is 0.538. The number of benzene rings is 1. The van der Waals surface area contributed by atoms with E-state index in [1.807, 2.05) is 18.2 Å². The second-order valence-corrected chi connectivity index (χ2v) is 5.93. The van der Waals surface area contributed by atoms with E-state index in [0.29, 0.717) is 6.04 Å². The maximum absolute atomic E-state index is 6.00. The minimum absolute atomic E-state index is 0.634. The lowest BCUT2D eigenvalue weighted by Gasteiger charge is -2.32. The molecule has 1 heterocycles. The molecule has 1 unspecified atom stereocenters. The van der Waals surface area contributed by atoms with Gasteiger partial charge in [0, 0.05) is 27.8 Å². The van der Waals surface area contributed by atoms with Crippen LogP contribution in [0.2, 0.25) is 5.02 Å². The van der Waals surface area contributed by atoms with Gasteiger partial charge in [0.1, 0.15) is 0 Å². The number of nitrogens with one attached hydrogen (secondary N) is 1. The average Bonchev–Trinajstić information content (AvgIpc) is 2.32. The SMILES string of the molecule is CN1CCCCC1CNc1cc(Cl)ccc1Br. The molecule has 0 radical (unpaired) electrons. The van der Waals surface area contributed by atoms with Gasteiger partial charge in [-0.05, 0) is 60.6 Å². The van der Waals surface area contributed by atoms with Crippen LogP contribution in [0.1, 0.15) is 19.3 Å². The van der Waals surface area contributed by atoms with Crippen molar-refractivity contribution in [3.63, 3.8) is 0 Å². The Balaban J connectivity index is 1.94. The van der Waals surface area contributed by atoms with E-state index in [-0.39, 0.29) is 0 Å². The molecule has 0 aromatic heterocycles. The van der Waals surface area contributed by atoms with Crippen molar-refractivity contribution < 1.29 is 0 Å². The standard InChI is InChI=1S/C13H18BrClN2/c1-17-7-3-2-4-11(17)9-16-13-8-10(15)5-6-12(13)14/h5-6,8,11,16H,2-4,7,9H2,1H3. The Labute approximate surface area is 116 Å². The maximum Gasteiger partial charge on any atom is 0.0500 e. The summed E-state index contributed by atoms with van der Waals surface area (Å²) in [6.07, 6.45) is 3.95. The molecule has 4 heteroatoms. The summed E-state index contributed by atoms with van der Waals surface area (Å²) >= 11 is 9.53. The highest BCUT2D eigenvalue weighted by Crippen LogP contribution is 2.26. The van der Waals surface area contributed by atoms with Crippen LogP contribution in [0.4, 0.5) is 5.69 Å². The summed E-state index contributed by atoms with van der Waals surface area (Å²) in [6.45, 7) is 2.19. The van der Waals surface area contributed by atoms with Crippen LogP contribution in [0.15, 0.2) is 22.7 Å². The fourth-order valence-corrected chi connectivity index (χ4v) is 2.82. The Hall–Kier alpha value is -0.250. The summed E-state index contributed by atoms with van der Waals surface area (Å²) in [5.74, 6) is 0. The van der Waals surface area contributed by atoms with E-state index in [1.54, 1.807) is 0 Å². The van der Waals surface area contributed by atoms with Crippen LogP contribution in [0.25, 0.3) is 0 Å². The van der Waals surface area contributed by atoms with Crippen LogP contribution in [0.5, 0.6) is 0 Å². The number of hydrogen-bond acceptors (Lipinski definition) is 2. The predicted molar refractivity (Wildman–Crippen MR) is 77.9 cm³/mol. The van der Waals surface area contributed by atoms with Crippen molar-refractivity contribution in [2.45, 2.75) is 25.3 Å². The molecule has 1 aliphatic heterocycles. The summed E-state index contributed by atoms with van der Waals surface area (Å²) in [5.41, 5.74) is 1.08. The molecule has 1 atom stereocenters. The number of likely N-dealkylation sites (tertiary alicyclic amines) is 1. The van der Waals surface area contributed by atoms with Crippen LogP contribution in [-0.2, 0) is 0 Å². The van der Waals surface area contributed by atoms with Gasteiger partial charge in [-0.1, -0.05) is 18.0 Å². The normalized spacial score (nSPS) is 21.5. The minimum Gasteiger partial charge on any atom is -0.383 e. The average molecular weight is 318 g/mol. The second kappa shape index (κ2) is 6.07. The van der Waals surface area contributed by atoms with E-state index in [4.69, 9.17) is 11.6 Å². The smallest absolute Gasteiger partial charge is 0.0500 e. The van der Waals surface area contributed by atoms with Gasteiger partial charge in [-0.15, -0.1) is 0 Å². The quantitative estimate of drug-likeness (QED) is 0.906. The van der Waals surface area contributed by atoms with E-state index in [9.17, 15) is 0 Å².